The third kappa shape index (κ3) is 10.7. The third-order valence-electron chi connectivity index (χ3n) is 3.91. The Morgan fingerprint density at radius 3 is 1.97 bits per heavy atom. The van der Waals surface area contributed by atoms with Crippen LogP contribution in [0.4, 0.5) is 0 Å². The Balaban J connectivity index is 5.19. The van der Waals surface area contributed by atoms with Crippen LogP contribution in [-0.2, 0) is 19.2 Å². The number of carbonyl (C=O) groups is 4. The summed E-state index contributed by atoms with van der Waals surface area (Å²) in [7, 11) is 0. The van der Waals surface area contributed by atoms with E-state index in [1.165, 1.54) is 11.8 Å². The van der Waals surface area contributed by atoms with E-state index in [-0.39, 0.29) is 24.5 Å². The highest BCUT2D eigenvalue weighted by Gasteiger charge is 2.29. The first-order valence-corrected chi connectivity index (χ1v) is 11.2. The highest BCUT2D eigenvalue weighted by atomic mass is 32.2. The first kappa shape index (κ1) is 27.5. The highest BCUT2D eigenvalue weighted by molar-refractivity contribution is 7.98. The number of thioether (sulfide) groups is 1. The zero-order valence-electron chi connectivity index (χ0n) is 16.9. The van der Waals surface area contributed by atoms with Crippen LogP contribution in [0.5, 0.6) is 0 Å². The number of carboxylic acid groups (broad SMARTS) is 1. The Bertz CT molecular complexity index is 564. The van der Waals surface area contributed by atoms with Gasteiger partial charge in [0.05, 0.1) is 6.61 Å². The van der Waals surface area contributed by atoms with Crippen LogP contribution in [-0.4, -0.2) is 82.4 Å². The van der Waals surface area contributed by atoms with E-state index >= 15 is 0 Å². The number of aliphatic carboxylic acids is 1. The van der Waals surface area contributed by atoms with Crippen molar-refractivity contribution in [3.05, 3.63) is 0 Å². The number of aliphatic hydroxyl groups is 1. The van der Waals surface area contributed by atoms with Crippen molar-refractivity contribution in [1.29, 1.82) is 0 Å². The second kappa shape index (κ2) is 14.5. The number of nitrogens with two attached hydrogens (primary N) is 1. The lowest BCUT2D eigenvalue weighted by Crippen LogP contribution is -2.58. The summed E-state index contributed by atoms with van der Waals surface area (Å²) in [5, 5.41) is 25.6. The average molecular weight is 453 g/mol. The maximum atomic E-state index is 12.6. The Labute approximate surface area is 180 Å². The molecule has 29 heavy (non-hydrogen) atoms. The zero-order valence-corrected chi connectivity index (χ0v) is 18.6. The number of nitrogens with one attached hydrogen (secondary N) is 3. The van der Waals surface area contributed by atoms with Gasteiger partial charge in [-0.3, -0.25) is 14.4 Å². The lowest BCUT2D eigenvalue weighted by molar-refractivity contribution is -0.142. The summed E-state index contributed by atoms with van der Waals surface area (Å²) in [5.41, 5.74) is 5.42. The van der Waals surface area contributed by atoms with Gasteiger partial charge < -0.3 is 31.9 Å². The van der Waals surface area contributed by atoms with Gasteiger partial charge in [0.15, 0.2) is 0 Å². The minimum Gasteiger partial charge on any atom is -0.480 e. The second-order valence-corrected chi connectivity index (χ2v) is 8.26. The molecule has 12 heteroatoms. The van der Waals surface area contributed by atoms with E-state index in [1.54, 1.807) is 0 Å². The quantitative estimate of drug-likeness (QED) is 0.157. The molecule has 0 heterocycles. The predicted octanol–water partition coefficient (Wildman–Crippen LogP) is -1.43. The van der Waals surface area contributed by atoms with Crippen molar-refractivity contribution < 1.29 is 29.4 Å². The standard InChI is InChI=1S/C17H32N4O6S2/c1-9(2)6-12(17(26)27)20-15(24)11(4-5-29-3)19-16(25)13(8-28)21-14(23)10(18)7-22/h9-13,22,28H,4-8,18H2,1-3H3,(H,19,25)(H,20,24)(H,21,23)(H,26,27). The molecular formula is C17H32N4O6S2. The fourth-order valence-corrected chi connectivity index (χ4v) is 3.03. The second-order valence-electron chi connectivity index (χ2n) is 6.90. The summed E-state index contributed by atoms with van der Waals surface area (Å²) in [5.74, 6) is -2.61. The SMILES string of the molecule is CSCCC(NC(=O)C(CS)NC(=O)C(N)CO)C(=O)NC(CC(C)C)C(=O)O. The van der Waals surface area contributed by atoms with Crippen LogP contribution in [0.3, 0.4) is 0 Å². The van der Waals surface area contributed by atoms with Crippen molar-refractivity contribution >= 4 is 48.1 Å². The lowest BCUT2D eigenvalue weighted by atomic mass is 10.0. The average Bonchev–Trinajstić information content (AvgIpc) is 2.66. The van der Waals surface area contributed by atoms with Crippen LogP contribution >= 0.6 is 24.4 Å². The van der Waals surface area contributed by atoms with Gasteiger partial charge in [-0.15, -0.1) is 0 Å². The van der Waals surface area contributed by atoms with E-state index in [0.29, 0.717) is 5.75 Å². The van der Waals surface area contributed by atoms with E-state index in [0.717, 1.165) is 0 Å². The summed E-state index contributed by atoms with van der Waals surface area (Å²) in [6.45, 7) is 3.09. The van der Waals surface area contributed by atoms with Gasteiger partial charge in [-0.1, -0.05) is 13.8 Å². The number of aliphatic hydroxyl groups excluding tert-OH is 1. The van der Waals surface area contributed by atoms with Gasteiger partial charge >= 0.3 is 5.97 Å². The van der Waals surface area contributed by atoms with Crippen molar-refractivity contribution in [2.24, 2.45) is 11.7 Å². The van der Waals surface area contributed by atoms with Gasteiger partial charge in [-0.25, -0.2) is 4.79 Å². The topological polar surface area (TPSA) is 171 Å². The molecule has 0 aromatic rings. The predicted molar refractivity (Wildman–Crippen MR) is 115 cm³/mol. The molecule has 4 atom stereocenters. The number of thiol groups is 1. The van der Waals surface area contributed by atoms with Crippen molar-refractivity contribution in [2.45, 2.75) is 50.9 Å². The molecule has 0 saturated carbocycles. The van der Waals surface area contributed by atoms with E-state index in [9.17, 15) is 24.3 Å². The van der Waals surface area contributed by atoms with Crippen molar-refractivity contribution in [3.63, 3.8) is 0 Å². The molecule has 0 bridgehead atoms. The molecule has 0 saturated heterocycles. The van der Waals surface area contributed by atoms with Crippen molar-refractivity contribution in [2.75, 3.05) is 24.4 Å². The molecule has 7 N–H and O–H groups in total. The molecule has 0 radical (unpaired) electrons. The van der Waals surface area contributed by atoms with Crippen LogP contribution in [0.1, 0.15) is 26.7 Å². The highest BCUT2D eigenvalue weighted by Crippen LogP contribution is 2.07. The minimum absolute atomic E-state index is 0.0511. The molecule has 0 fully saturated rings. The fourth-order valence-electron chi connectivity index (χ4n) is 2.30. The number of hydrogen-bond acceptors (Lipinski definition) is 8. The Kier molecular flexibility index (Phi) is 13.7. The van der Waals surface area contributed by atoms with Crippen LogP contribution < -0.4 is 21.7 Å². The summed E-state index contributed by atoms with van der Waals surface area (Å²) in [4.78, 5) is 48.3. The number of carboxylic acids is 1. The number of rotatable bonds is 14. The van der Waals surface area contributed by atoms with Gasteiger partial charge in [-0.05, 0) is 30.8 Å². The molecule has 168 valence electrons. The maximum absolute atomic E-state index is 12.6. The van der Waals surface area contributed by atoms with Gasteiger partial charge in [-0.2, -0.15) is 24.4 Å². The number of amides is 3. The van der Waals surface area contributed by atoms with Crippen LogP contribution in [0.2, 0.25) is 0 Å². The fraction of sp³-hybridized carbons (Fsp3) is 0.765. The largest absolute Gasteiger partial charge is 0.480 e. The summed E-state index contributed by atoms with van der Waals surface area (Å²) < 4.78 is 0. The maximum Gasteiger partial charge on any atom is 0.326 e. The van der Waals surface area contributed by atoms with Gasteiger partial charge in [0.2, 0.25) is 17.7 Å². The summed E-state index contributed by atoms with van der Waals surface area (Å²) in [6.07, 6.45) is 2.36. The van der Waals surface area contributed by atoms with Crippen molar-refractivity contribution in [3.8, 4) is 0 Å². The molecule has 0 aliphatic rings. The molecule has 3 amide bonds. The lowest BCUT2D eigenvalue weighted by Gasteiger charge is -2.24. The molecule has 4 unspecified atom stereocenters. The van der Waals surface area contributed by atoms with Gasteiger partial charge in [0, 0.05) is 5.75 Å². The molecular weight excluding hydrogens is 420 g/mol. The summed E-state index contributed by atoms with van der Waals surface area (Å²) in [6, 6.07) is -4.30. The number of carbonyl (C=O) groups excluding carboxylic acids is 3. The van der Waals surface area contributed by atoms with E-state index in [1.807, 2.05) is 20.1 Å². The number of hydrogen-bond donors (Lipinski definition) is 7. The van der Waals surface area contributed by atoms with Gasteiger partial charge in [0.1, 0.15) is 24.2 Å². The van der Waals surface area contributed by atoms with E-state index < -0.39 is 54.5 Å². The summed E-state index contributed by atoms with van der Waals surface area (Å²) >= 11 is 5.50. The van der Waals surface area contributed by atoms with Crippen LogP contribution in [0.25, 0.3) is 0 Å². The molecule has 0 aromatic carbocycles. The monoisotopic (exact) mass is 452 g/mol. The first-order valence-electron chi connectivity index (χ1n) is 9.17. The normalized spacial score (nSPS) is 15.1. The Hall–Kier alpha value is -1.50. The van der Waals surface area contributed by atoms with E-state index in [4.69, 9.17) is 10.8 Å². The zero-order chi connectivity index (χ0) is 22.6. The molecule has 0 spiro atoms. The molecule has 0 aromatic heterocycles. The Morgan fingerprint density at radius 2 is 1.52 bits per heavy atom. The Morgan fingerprint density at radius 1 is 1.00 bits per heavy atom. The molecule has 10 nitrogen and oxygen atoms in total. The van der Waals surface area contributed by atoms with Crippen LogP contribution in [0.15, 0.2) is 0 Å². The third-order valence-corrected chi connectivity index (χ3v) is 4.92. The molecule has 0 aliphatic carbocycles. The minimum atomic E-state index is -1.19. The smallest absolute Gasteiger partial charge is 0.326 e. The van der Waals surface area contributed by atoms with E-state index in [2.05, 4.69) is 28.6 Å². The van der Waals surface area contributed by atoms with Crippen molar-refractivity contribution in [1.82, 2.24) is 16.0 Å². The van der Waals surface area contributed by atoms with Gasteiger partial charge in [0.25, 0.3) is 0 Å². The molecule has 0 aliphatic heterocycles. The molecule has 0 rings (SSSR count). The first-order chi connectivity index (χ1) is 13.6. The van der Waals surface area contributed by atoms with Crippen LogP contribution in [0, 0.1) is 5.92 Å².